The van der Waals surface area contributed by atoms with Gasteiger partial charge >= 0.3 is 0 Å². The molecule has 1 aromatic carbocycles. The fourth-order valence-corrected chi connectivity index (χ4v) is 4.70. The first-order chi connectivity index (χ1) is 16.1. The first-order valence-electron chi connectivity index (χ1n) is 11.5. The van der Waals surface area contributed by atoms with Crippen LogP contribution in [0.2, 0.25) is 0 Å². The topological polar surface area (TPSA) is 67.3 Å². The molecule has 172 valence electrons. The van der Waals surface area contributed by atoms with Gasteiger partial charge in [0.2, 0.25) is 0 Å². The number of methoxy groups -OCH3 is 1. The molecule has 33 heavy (non-hydrogen) atoms. The lowest BCUT2D eigenvalue weighted by molar-refractivity contribution is 0.0870. The Kier molecular flexibility index (Phi) is 7.35. The Morgan fingerprint density at radius 1 is 1.09 bits per heavy atom. The standard InChI is InChI=1S/C27H32N4O2/c1-19-20(2)25(33-3)13-12-21(19)17-31-16-8-9-22(18-31)26(23-10-4-6-14-28-23)30-27(32)24-11-5-7-15-29-24/h4-7,10-15,22,26H,8-9,16-18H2,1-3H3,(H,30,32). The Labute approximate surface area is 196 Å². The quantitative estimate of drug-likeness (QED) is 0.582. The molecule has 2 unspecified atom stereocenters. The molecule has 1 aliphatic heterocycles. The van der Waals surface area contributed by atoms with Crippen molar-refractivity contribution in [3.8, 4) is 5.75 Å². The van der Waals surface area contributed by atoms with Crippen molar-refractivity contribution < 1.29 is 9.53 Å². The Hall–Kier alpha value is -3.25. The predicted octanol–water partition coefficient (Wildman–Crippen LogP) is 4.49. The van der Waals surface area contributed by atoms with E-state index in [0.29, 0.717) is 5.69 Å². The number of hydrogen-bond acceptors (Lipinski definition) is 5. The number of nitrogens with zero attached hydrogens (tertiary/aromatic N) is 3. The van der Waals surface area contributed by atoms with E-state index in [9.17, 15) is 4.79 Å². The number of hydrogen-bond donors (Lipinski definition) is 1. The summed E-state index contributed by atoms with van der Waals surface area (Å²) >= 11 is 0. The van der Waals surface area contributed by atoms with E-state index in [-0.39, 0.29) is 17.9 Å². The van der Waals surface area contributed by atoms with Gasteiger partial charge in [0.05, 0.1) is 18.8 Å². The van der Waals surface area contributed by atoms with Crippen molar-refractivity contribution in [1.29, 1.82) is 0 Å². The van der Waals surface area contributed by atoms with Gasteiger partial charge in [-0.2, -0.15) is 0 Å². The minimum atomic E-state index is -0.165. The number of pyridine rings is 2. The van der Waals surface area contributed by atoms with Crippen molar-refractivity contribution in [1.82, 2.24) is 20.2 Å². The van der Waals surface area contributed by atoms with Gasteiger partial charge in [-0.15, -0.1) is 0 Å². The zero-order valence-electron chi connectivity index (χ0n) is 19.6. The molecule has 6 heteroatoms. The lowest BCUT2D eigenvalue weighted by atomic mass is 9.87. The summed E-state index contributed by atoms with van der Waals surface area (Å²) in [5.41, 5.74) is 5.11. The van der Waals surface area contributed by atoms with Gasteiger partial charge in [-0.3, -0.25) is 19.7 Å². The van der Waals surface area contributed by atoms with E-state index < -0.39 is 0 Å². The maximum atomic E-state index is 13.0. The number of benzene rings is 1. The Morgan fingerprint density at radius 3 is 2.58 bits per heavy atom. The van der Waals surface area contributed by atoms with Crippen molar-refractivity contribution in [2.45, 2.75) is 39.3 Å². The molecule has 2 aromatic heterocycles. The van der Waals surface area contributed by atoms with Gasteiger partial charge in [0.25, 0.3) is 5.91 Å². The van der Waals surface area contributed by atoms with Gasteiger partial charge in [-0.25, -0.2) is 0 Å². The molecular weight excluding hydrogens is 412 g/mol. The van der Waals surface area contributed by atoms with Gasteiger partial charge in [-0.1, -0.05) is 18.2 Å². The molecule has 1 saturated heterocycles. The first kappa shape index (κ1) is 22.9. The van der Waals surface area contributed by atoms with E-state index in [1.54, 1.807) is 25.6 Å². The lowest BCUT2D eigenvalue weighted by Gasteiger charge is -2.37. The van der Waals surface area contributed by atoms with E-state index in [4.69, 9.17) is 4.74 Å². The number of amides is 1. The van der Waals surface area contributed by atoms with Gasteiger partial charge in [0.15, 0.2) is 0 Å². The number of ether oxygens (including phenoxy) is 1. The molecule has 0 spiro atoms. The van der Waals surface area contributed by atoms with Gasteiger partial charge in [0.1, 0.15) is 11.4 Å². The Balaban J connectivity index is 1.53. The van der Waals surface area contributed by atoms with E-state index in [2.05, 4.69) is 46.2 Å². The summed E-state index contributed by atoms with van der Waals surface area (Å²) in [6.07, 6.45) is 5.56. The summed E-state index contributed by atoms with van der Waals surface area (Å²) in [5, 5.41) is 3.23. The largest absolute Gasteiger partial charge is 0.496 e. The van der Waals surface area contributed by atoms with E-state index in [0.717, 1.165) is 43.9 Å². The minimum absolute atomic E-state index is 0.162. The molecule has 4 rings (SSSR count). The van der Waals surface area contributed by atoms with Crippen LogP contribution in [0.4, 0.5) is 0 Å². The van der Waals surface area contributed by atoms with Crippen LogP contribution in [0.3, 0.4) is 0 Å². The summed E-state index contributed by atoms with van der Waals surface area (Å²) in [7, 11) is 1.72. The van der Waals surface area contributed by atoms with E-state index in [1.165, 1.54) is 16.7 Å². The molecule has 2 atom stereocenters. The normalized spacial score (nSPS) is 17.4. The smallest absolute Gasteiger partial charge is 0.270 e. The Bertz CT molecular complexity index is 1070. The van der Waals surface area contributed by atoms with Crippen LogP contribution in [-0.2, 0) is 6.54 Å². The highest BCUT2D eigenvalue weighted by Gasteiger charge is 2.31. The van der Waals surface area contributed by atoms with Crippen LogP contribution < -0.4 is 10.1 Å². The summed E-state index contributed by atoms with van der Waals surface area (Å²) in [4.78, 5) is 24.3. The maximum Gasteiger partial charge on any atom is 0.270 e. The highest BCUT2D eigenvalue weighted by atomic mass is 16.5. The van der Waals surface area contributed by atoms with Crippen molar-refractivity contribution in [2.24, 2.45) is 5.92 Å². The molecule has 3 heterocycles. The first-order valence-corrected chi connectivity index (χ1v) is 11.5. The highest BCUT2D eigenvalue weighted by Crippen LogP contribution is 2.31. The predicted molar refractivity (Wildman–Crippen MR) is 129 cm³/mol. The third-order valence-electron chi connectivity index (χ3n) is 6.67. The number of likely N-dealkylation sites (tertiary alicyclic amines) is 1. The lowest BCUT2D eigenvalue weighted by Crippen LogP contribution is -2.43. The van der Waals surface area contributed by atoms with Crippen LogP contribution >= 0.6 is 0 Å². The molecular formula is C27H32N4O2. The summed E-state index contributed by atoms with van der Waals surface area (Å²) < 4.78 is 5.48. The summed E-state index contributed by atoms with van der Waals surface area (Å²) in [6.45, 7) is 7.11. The number of carbonyl (C=O) groups is 1. The van der Waals surface area contributed by atoms with Crippen LogP contribution in [0.25, 0.3) is 0 Å². The van der Waals surface area contributed by atoms with Crippen molar-refractivity contribution >= 4 is 5.91 Å². The summed E-state index contributed by atoms with van der Waals surface area (Å²) in [5.74, 6) is 1.03. The Morgan fingerprint density at radius 2 is 1.88 bits per heavy atom. The molecule has 0 bridgehead atoms. The molecule has 0 saturated carbocycles. The second-order valence-corrected chi connectivity index (χ2v) is 8.74. The average molecular weight is 445 g/mol. The van der Waals surface area contributed by atoms with Crippen molar-refractivity contribution in [3.05, 3.63) is 89.0 Å². The van der Waals surface area contributed by atoms with Crippen LogP contribution in [0.1, 0.15) is 51.8 Å². The zero-order chi connectivity index (χ0) is 23.2. The molecule has 0 aliphatic carbocycles. The number of rotatable bonds is 7. The fourth-order valence-electron chi connectivity index (χ4n) is 4.70. The second-order valence-electron chi connectivity index (χ2n) is 8.74. The highest BCUT2D eigenvalue weighted by molar-refractivity contribution is 5.92. The van der Waals surface area contributed by atoms with E-state index in [1.807, 2.05) is 30.3 Å². The van der Waals surface area contributed by atoms with E-state index >= 15 is 0 Å². The van der Waals surface area contributed by atoms with Crippen LogP contribution in [-0.4, -0.2) is 41.0 Å². The third kappa shape index (κ3) is 5.40. The third-order valence-corrected chi connectivity index (χ3v) is 6.67. The molecule has 1 aliphatic rings. The van der Waals surface area contributed by atoms with Gasteiger partial charge in [-0.05, 0) is 86.2 Å². The van der Waals surface area contributed by atoms with Crippen molar-refractivity contribution in [2.75, 3.05) is 20.2 Å². The molecule has 1 N–H and O–H groups in total. The second kappa shape index (κ2) is 10.6. The molecule has 3 aromatic rings. The minimum Gasteiger partial charge on any atom is -0.496 e. The summed E-state index contributed by atoms with van der Waals surface area (Å²) in [6, 6.07) is 15.3. The average Bonchev–Trinajstić information content (AvgIpc) is 2.86. The van der Waals surface area contributed by atoms with Gasteiger partial charge in [0, 0.05) is 25.5 Å². The van der Waals surface area contributed by atoms with Crippen LogP contribution in [0.5, 0.6) is 5.75 Å². The molecule has 6 nitrogen and oxygen atoms in total. The zero-order valence-corrected chi connectivity index (χ0v) is 19.6. The molecule has 1 fully saturated rings. The maximum absolute atomic E-state index is 13.0. The van der Waals surface area contributed by atoms with Crippen molar-refractivity contribution in [3.63, 3.8) is 0 Å². The van der Waals surface area contributed by atoms with Crippen LogP contribution in [0, 0.1) is 19.8 Å². The van der Waals surface area contributed by atoms with Gasteiger partial charge < -0.3 is 10.1 Å². The number of carbonyl (C=O) groups excluding carboxylic acids is 1. The molecule has 1 amide bonds. The number of aromatic nitrogens is 2. The fraction of sp³-hybridized carbons (Fsp3) is 0.370. The van der Waals surface area contributed by atoms with Crippen LogP contribution in [0.15, 0.2) is 60.9 Å². The SMILES string of the molecule is COc1ccc(CN2CCCC(C(NC(=O)c3ccccn3)c3ccccn3)C2)c(C)c1C. The molecule has 0 radical (unpaired) electrons. The monoisotopic (exact) mass is 444 g/mol. The number of piperidine rings is 1. The number of nitrogens with one attached hydrogen (secondary N) is 1.